The predicted octanol–water partition coefficient (Wildman–Crippen LogP) is 3.87. The van der Waals surface area contributed by atoms with Crippen LogP contribution in [-0.2, 0) is 16.0 Å². The molecule has 0 fully saturated rings. The minimum absolute atomic E-state index is 0.231. The number of benzene rings is 2. The Morgan fingerprint density at radius 1 is 1.23 bits per heavy atom. The van der Waals surface area contributed by atoms with E-state index in [1.54, 1.807) is 12.3 Å². The molecule has 1 amide bonds. The zero-order valence-corrected chi connectivity index (χ0v) is 20.6. The highest BCUT2D eigenvalue weighted by Crippen LogP contribution is 2.44. The zero-order chi connectivity index (χ0) is 25.2. The molecule has 2 heterocycles. The average Bonchev–Trinajstić information content (AvgIpc) is 2.81. The topological polar surface area (TPSA) is 115 Å². The van der Waals surface area contributed by atoms with Crippen LogP contribution in [0.25, 0.3) is 22.1 Å². The van der Waals surface area contributed by atoms with Crippen LogP contribution in [-0.4, -0.2) is 47.2 Å². The Morgan fingerprint density at radius 2 is 1.97 bits per heavy atom. The van der Waals surface area contributed by atoms with Gasteiger partial charge in [-0.3, -0.25) is 4.79 Å². The number of aryl methyl sites for hydroxylation is 1. The maximum atomic E-state index is 12.5. The second kappa shape index (κ2) is 10.0. The molecule has 0 unspecified atom stereocenters. The van der Waals surface area contributed by atoms with E-state index in [9.17, 15) is 19.5 Å². The molecule has 0 saturated heterocycles. The van der Waals surface area contributed by atoms with Crippen molar-refractivity contribution in [2.75, 3.05) is 18.6 Å². The lowest BCUT2D eigenvalue weighted by Gasteiger charge is -2.33. The van der Waals surface area contributed by atoms with Gasteiger partial charge in [0.1, 0.15) is 28.7 Å². The lowest BCUT2D eigenvalue weighted by molar-refractivity contribution is -0.141. The van der Waals surface area contributed by atoms with Crippen molar-refractivity contribution in [3.05, 3.63) is 58.4 Å². The van der Waals surface area contributed by atoms with Gasteiger partial charge in [-0.2, -0.15) is 11.8 Å². The fourth-order valence-electron chi connectivity index (χ4n) is 4.12. The van der Waals surface area contributed by atoms with Gasteiger partial charge in [-0.15, -0.1) is 0 Å². The van der Waals surface area contributed by atoms with Gasteiger partial charge in [0.2, 0.25) is 0 Å². The fraction of sp³-hybridized carbons (Fsp3) is 0.346. The first-order valence-corrected chi connectivity index (χ1v) is 12.6. The highest BCUT2D eigenvalue weighted by Gasteiger charge is 2.31. The lowest BCUT2D eigenvalue weighted by Crippen LogP contribution is -2.44. The second-order valence-corrected chi connectivity index (χ2v) is 9.88. The van der Waals surface area contributed by atoms with E-state index in [1.807, 2.05) is 44.2 Å². The molecular formula is C26H27NO7S. The zero-order valence-electron chi connectivity index (χ0n) is 19.8. The van der Waals surface area contributed by atoms with Gasteiger partial charge in [0.25, 0.3) is 5.91 Å². The van der Waals surface area contributed by atoms with Crippen LogP contribution in [0.5, 0.6) is 11.5 Å². The molecule has 1 aromatic heterocycles. The fourth-order valence-corrected chi connectivity index (χ4v) is 4.68. The molecule has 4 rings (SSSR count). The normalized spacial score (nSPS) is 15.1. The van der Waals surface area contributed by atoms with E-state index >= 15 is 0 Å². The Labute approximate surface area is 206 Å². The van der Waals surface area contributed by atoms with Gasteiger partial charge in [0.05, 0.1) is 5.39 Å². The number of carboxylic acid groups (broad SMARTS) is 1. The monoisotopic (exact) mass is 497 g/mol. The van der Waals surface area contributed by atoms with Crippen molar-refractivity contribution in [1.29, 1.82) is 0 Å². The van der Waals surface area contributed by atoms with Crippen molar-refractivity contribution in [2.24, 2.45) is 0 Å². The molecular weight excluding hydrogens is 470 g/mol. The van der Waals surface area contributed by atoms with Crippen LogP contribution in [0.1, 0.15) is 25.8 Å². The summed E-state index contributed by atoms with van der Waals surface area (Å²) in [6.45, 7) is 3.54. The van der Waals surface area contributed by atoms with E-state index in [0.29, 0.717) is 34.5 Å². The van der Waals surface area contributed by atoms with Crippen molar-refractivity contribution >= 4 is 34.6 Å². The lowest BCUT2D eigenvalue weighted by atomic mass is 9.91. The number of carbonyl (C=O) groups is 2. The van der Waals surface area contributed by atoms with Crippen LogP contribution >= 0.6 is 11.8 Å². The molecule has 8 nitrogen and oxygen atoms in total. The molecule has 35 heavy (non-hydrogen) atoms. The average molecular weight is 498 g/mol. The molecule has 0 spiro atoms. The molecule has 0 radical (unpaired) electrons. The Hall–Kier alpha value is -3.46. The van der Waals surface area contributed by atoms with Crippen molar-refractivity contribution in [1.82, 2.24) is 5.32 Å². The van der Waals surface area contributed by atoms with E-state index in [0.717, 1.165) is 17.5 Å². The Morgan fingerprint density at radius 3 is 2.66 bits per heavy atom. The number of fused-ring (bicyclic) bond motifs is 3. The van der Waals surface area contributed by atoms with Crippen LogP contribution in [0.15, 0.2) is 51.7 Å². The van der Waals surface area contributed by atoms with Crippen LogP contribution in [0.2, 0.25) is 0 Å². The van der Waals surface area contributed by atoms with E-state index in [4.69, 9.17) is 13.9 Å². The first-order valence-electron chi connectivity index (χ1n) is 11.2. The third-order valence-corrected chi connectivity index (χ3v) is 6.48. The van der Waals surface area contributed by atoms with Gasteiger partial charge < -0.3 is 24.3 Å². The first kappa shape index (κ1) is 24.7. The third-order valence-electron chi connectivity index (χ3n) is 5.81. The number of hydrogen-bond acceptors (Lipinski definition) is 7. The highest BCUT2D eigenvalue weighted by molar-refractivity contribution is 7.98. The summed E-state index contributed by atoms with van der Waals surface area (Å²) < 4.78 is 17.8. The number of thioether (sulfide) groups is 1. The van der Waals surface area contributed by atoms with Crippen molar-refractivity contribution in [3.8, 4) is 22.6 Å². The van der Waals surface area contributed by atoms with E-state index in [-0.39, 0.29) is 5.75 Å². The SMILES string of the molecule is CSC[C@@H](NC(=O)COc1cc2c(c3oc(=O)cc(-c4ccccc4)c13)CCC(C)(C)O2)C(=O)O. The largest absolute Gasteiger partial charge is 0.487 e. The van der Waals surface area contributed by atoms with E-state index in [1.165, 1.54) is 17.8 Å². The maximum Gasteiger partial charge on any atom is 0.336 e. The Kier molecular flexibility index (Phi) is 7.07. The van der Waals surface area contributed by atoms with Crippen LogP contribution in [0.3, 0.4) is 0 Å². The number of hydrogen-bond donors (Lipinski definition) is 2. The number of carbonyl (C=O) groups excluding carboxylic acids is 1. The van der Waals surface area contributed by atoms with Crippen LogP contribution in [0.4, 0.5) is 0 Å². The summed E-state index contributed by atoms with van der Waals surface area (Å²) in [5, 5.41) is 12.4. The Balaban J connectivity index is 1.79. The Bertz CT molecular complexity index is 1320. The van der Waals surface area contributed by atoms with Gasteiger partial charge in [-0.25, -0.2) is 9.59 Å². The highest BCUT2D eigenvalue weighted by atomic mass is 32.2. The smallest absolute Gasteiger partial charge is 0.336 e. The number of aliphatic carboxylic acids is 1. The van der Waals surface area contributed by atoms with E-state index in [2.05, 4.69) is 5.32 Å². The number of nitrogens with one attached hydrogen (secondary N) is 1. The van der Waals surface area contributed by atoms with Crippen LogP contribution < -0.4 is 20.4 Å². The number of ether oxygens (including phenoxy) is 2. The molecule has 0 saturated carbocycles. The van der Waals surface area contributed by atoms with E-state index < -0.39 is 35.8 Å². The second-order valence-electron chi connectivity index (χ2n) is 8.96. The maximum absolute atomic E-state index is 12.5. The van der Waals surface area contributed by atoms with Crippen molar-refractivity contribution in [3.63, 3.8) is 0 Å². The molecule has 9 heteroatoms. The summed E-state index contributed by atoms with van der Waals surface area (Å²) in [4.78, 5) is 36.5. The van der Waals surface area contributed by atoms with Gasteiger partial charge >= 0.3 is 11.6 Å². The van der Waals surface area contributed by atoms with Crippen LogP contribution in [0, 0.1) is 0 Å². The summed E-state index contributed by atoms with van der Waals surface area (Å²) in [5.74, 6) is -0.614. The molecule has 2 aromatic carbocycles. The summed E-state index contributed by atoms with van der Waals surface area (Å²) in [7, 11) is 0. The molecule has 0 aliphatic carbocycles. The third kappa shape index (κ3) is 5.45. The minimum atomic E-state index is -1.12. The number of carboxylic acids is 1. The number of amides is 1. The summed E-state index contributed by atoms with van der Waals surface area (Å²) in [6, 6.07) is 11.5. The predicted molar refractivity (Wildman–Crippen MR) is 134 cm³/mol. The van der Waals surface area contributed by atoms with Crippen molar-refractivity contribution in [2.45, 2.75) is 38.3 Å². The van der Waals surface area contributed by atoms with Gasteiger partial charge in [-0.1, -0.05) is 30.3 Å². The molecule has 2 N–H and O–H groups in total. The molecule has 1 aliphatic heterocycles. The standard InChI is InChI=1S/C26H27NO7S/c1-26(2)10-9-16-19(34-26)12-20(32-13-21(28)27-18(14-35-3)25(30)31)23-17(11-22(29)33-24(16)23)15-7-5-4-6-8-15/h4-8,11-12,18H,9-10,13-14H2,1-3H3,(H,27,28)(H,30,31)/t18-/m1/s1. The molecule has 1 atom stereocenters. The number of rotatable bonds is 8. The quantitative estimate of drug-likeness (QED) is 0.451. The molecule has 0 bridgehead atoms. The summed E-state index contributed by atoms with van der Waals surface area (Å²) in [5.41, 5.74) is 1.63. The summed E-state index contributed by atoms with van der Waals surface area (Å²) >= 11 is 1.32. The molecule has 1 aliphatic rings. The molecule has 3 aromatic rings. The van der Waals surface area contributed by atoms with Gasteiger partial charge in [0.15, 0.2) is 6.61 Å². The summed E-state index contributed by atoms with van der Waals surface area (Å²) in [6.07, 6.45) is 3.15. The first-order chi connectivity index (χ1) is 16.7. The van der Waals surface area contributed by atoms with Crippen molar-refractivity contribution < 1.29 is 28.6 Å². The van der Waals surface area contributed by atoms with Gasteiger partial charge in [0, 0.05) is 29.0 Å². The molecule has 184 valence electrons. The van der Waals surface area contributed by atoms with Gasteiger partial charge in [-0.05, 0) is 38.5 Å². The minimum Gasteiger partial charge on any atom is -0.487 e.